The molecule has 110 valence electrons. The Morgan fingerprint density at radius 1 is 1.15 bits per heavy atom. The van der Waals surface area contributed by atoms with Crippen LogP contribution in [-0.2, 0) is 11.2 Å². The van der Waals surface area contributed by atoms with Crippen LogP contribution in [0.15, 0.2) is 36.4 Å². The van der Waals surface area contributed by atoms with Gasteiger partial charge in [0.2, 0.25) is 0 Å². The number of rotatable bonds is 10. The quantitative estimate of drug-likeness (QED) is 0.355. The fraction of sp³-hybridized carbons (Fsp3) is 0.556. The Morgan fingerprint density at radius 2 is 1.90 bits per heavy atom. The summed E-state index contributed by atoms with van der Waals surface area (Å²) in [4.78, 5) is 0. The molecule has 1 aliphatic heterocycles. The lowest BCUT2D eigenvalue weighted by Gasteiger charge is -2.06. The van der Waals surface area contributed by atoms with E-state index in [1.807, 2.05) is 0 Å². The van der Waals surface area contributed by atoms with Crippen LogP contribution >= 0.6 is 0 Å². The van der Waals surface area contributed by atoms with Gasteiger partial charge in [-0.1, -0.05) is 37.1 Å². The molecule has 1 aromatic rings. The van der Waals surface area contributed by atoms with E-state index in [2.05, 4.69) is 43.3 Å². The van der Waals surface area contributed by atoms with Gasteiger partial charge in [0.25, 0.3) is 0 Å². The van der Waals surface area contributed by atoms with Gasteiger partial charge in [-0.2, -0.15) is 0 Å². The highest BCUT2D eigenvalue weighted by molar-refractivity contribution is 5.27. The molecule has 0 bridgehead atoms. The van der Waals surface area contributed by atoms with E-state index in [1.54, 1.807) is 0 Å². The zero-order valence-electron chi connectivity index (χ0n) is 12.5. The molecule has 0 radical (unpaired) electrons. The molecule has 0 spiro atoms. The maximum absolute atomic E-state index is 5.63. The largest absolute Gasteiger partial charge is 0.491 e. The first-order valence-electron chi connectivity index (χ1n) is 7.83. The van der Waals surface area contributed by atoms with E-state index in [0.29, 0.717) is 12.7 Å². The lowest BCUT2D eigenvalue weighted by atomic mass is 10.1. The fourth-order valence-electron chi connectivity index (χ4n) is 2.22. The molecule has 0 aromatic heterocycles. The summed E-state index contributed by atoms with van der Waals surface area (Å²) in [6.45, 7) is 3.63. The van der Waals surface area contributed by atoms with Crippen LogP contribution in [0.3, 0.4) is 0 Å². The summed E-state index contributed by atoms with van der Waals surface area (Å²) in [6, 6.07) is 8.51. The van der Waals surface area contributed by atoms with Crippen molar-refractivity contribution in [3.05, 3.63) is 42.0 Å². The molecule has 1 atom stereocenters. The normalized spacial score (nSPS) is 17.6. The SMILES string of the molecule is C/C=C/CCCCCCc1ccc(OCC2CO2)cc1. The van der Waals surface area contributed by atoms with Gasteiger partial charge in [-0.05, 0) is 50.3 Å². The van der Waals surface area contributed by atoms with Gasteiger partial charge >= 0.3 is 0 Å². The Hall–Kier alpha value is -1.28. The van der Waals surface area contributed by atoms with Crippen molar-refractivity contribution < 1.29 is 9.47 Å². The van der Waals surface area contributed by atoms with E-state index in [4.69, 9.17) is 9.47 Å². The third kappa shape index (κ3) is 6.25. The van der Waals surface area contributed by atoms with E-state index in [0.717, 1.165) is 12.4 Å². The lowest BCUT2D eigenvalue weighted by Crippen LogP contribution is -2.03. The fourth-order valence-corrected chi connectivity index (χ4v) is 2.22. The van der Waals surface area contributed by atoms with Gasteiger partial charge in [0.1, 0.15) is 18.5 Å². The summed E-state index contributed by atoms with van der Waals surface area (Å²) >= 11 is 0. The Bertz CT molecular complexity index is 390. The summed E-state index contributed by atoms with van der Waals surface area (Å²) in [7, 11) is 0. The lowest BCUT2D eigenvalue weighted by molar-refractivity contribution is 0.263. The van der Waals surface area contributed by atoms with Crippen molar-refractivity contribution in [2.45, 2.75) is 51.6 Å². The highest BCUT2D eigenvalue weighted by Crippen LogP contribution is 2.17. The van der Waals surface area contributed by atoms with Crippen LogP contribution in [-0.4, -0.2) is 19.3 Å². The second-order valence-corrected chi connectivity index (χ2v) is 5.43. The summed E-state index contributed by atoms with van der Waals surface area (Å²) in [5.74, 6) is 0.954. The molecule has 1 fully saturated rings. The first kappa shape index (κ1) is 15.1. The molecule has 0 N–H and O–H groups in total. The van der Waals surface area contributed by atoms with E-state index in [9.17, 15) is 0 Å². The minimum absolute atomic E-state index is 0.331. The molecule has 20 heavy (non-hydrogen) atoms. The Kier molecular flexibility index (Phi) is 6.65. The van der Waals surface area contributed by atoms with Crippen molar-refractivity contribution in [2.75, 3.05) is 13.2 Å². The number of benzene rings is 1. The summed E-state index contributed by atoms with van der Waals surface area (Å²) in [6.07, 6.45) is 12.4. The number of hydrogen-bond acceptors (Lipinski definition) is 2. The van der Waals surface area contributed by atoms with Crippen LogP contribution in [0, 0.1) is 0 Å². The maximum atomic E-state index is 5.63. The Morgan fingerprint density at radius 3 is 2.60 bits per heavy atom. The average molecular weight is 274 g/mol. The number of allylic oxidation sites excluding steroid dienone is 2. The minimum atomic E-state index is 0.331. The first-order chi connectivity index (χ1) is 9.88. The molecule has 1 saturated heterocycles. The third-order valence-electron chi connectivity index (χ3n) is 3.58. The molecule has 0 saturated carbocycles. The van der Waals surface area contributed by atoms with Gasteiger partial charge in [-0.25, -0.2) is 0 Å². The molecule has 2 rings (SSSR count). The molecule has 2 heteroatoms. The molecular formula is C18H26O2. The molecule has 1 aromatic carbocycles. The molecule has 0 aliphatic carbocycles. The second-order valence-electron chi connectivity index (χ2n) is 5.43. The van der Waals surface area contributed by atoms with Gasteiger partial charge in [-0.3, -0.25) is 0 Å². The highest BCUT2D eigenvalue weighted by atomic mass is 16.6. The maximum Gasteiger partial charge on any atom is 0.119 e. The Balaban J connectivity index is 1.55. The van der Waals surface area contributed by atoms with E-state index >= 15 is 0 Å². The van der Waals surface area contributed by atoms with E-state index in [1.165, 1.54) is 44.1 Å². The van der Waals surface area contributed by atoms with Crippen LogP contribution in [0.4, 0.5) is 0 Å². The molecule has 0 amide bonds. The van der Waals surface area contributed by atoms with Crippen LogP contribution in [0.25, 0.3) is 0 Å². The molecule has 1 heterocycles. The van der Waals surface area contributed by atoms with Gasteiger partial charge in [0.15, 0.2) is 0 Å². The van der Waals surface area contributed by atoms with Crippen molar-refractivity contribution >= 4 is 0 Å². The monoisotopic (exact) mass is 274 g/mol. The molecular weight excluding hydrogens is 248 g/mol. The van der Waals surface area contributed by atoms with Crippen molar-refractivity contribution in [3.8, 4) is 5.75 Å². The number of hydrogen-bond donors (Lipinski definition) is 0. The van der Waals surface area contributed by atoms with Crippen molar-refractivity contribution in [1.29, 1.82) is 0 Å². The summed E-state index contributed by atoms with van der Waals surface area (Å²) in [5, 5.41) is 0. The highest BCUT2D eigenvalue weighted by Gasteiger charge is 2.22. The second kappa shape index (κ2) is 8.80. The number of unbranched alkanes of at least 4 members (excludes halogenated alkanes) is 4. The van der Waals surface area contributed by atoms with E-state index < -0.39 is 0 Å². The smallest absolute Gasteiger partial charge is 0.119 e. The predicted octanol–water partition coefficient (Wildman–Crippen LogP) is 4.53. The van der Waals surface area contributed by atoms with Crippen molar-refractivity contribution in [3.63, 3.8) is 0 Å². The van der Waals surface area contributed by atoms with Gasteiger partial charge < -0.3 is 9.47 Å². The van der Waals surface area contributed by atoms with E-state index in [-0.39, 0.29) is 0 Å². The third-order valence-corrected chi connectivity index (χ3v) is 3.58. The number of epoxide rings is 1. The molecule has 1 unspecified atom stereocenters. The summed E-state index contributed by atoms with van der Waals surface area (Å²) < 4.78 is 10.8. The van der Waals surface area contributed by atoms with Gasteiger partial charge in [-0.15, -0.1) is 0 Å². The number of ether oxygens (including phenoxy) is 2. The first-order valence-corrected chi connectivity index (χ1v) is 7.83. The predicted molar refractivity (Wildman–Crippen MR) is 83.3 cm³/mol. The van der Waals surface area contributed by atoms with Crippen LogP contribution in [0.1, 0.15) is 44.6 Å². The molecule has 1 aliphatic rings. The van der Waals surface area contributed by atoms with Gasteiger partial charge in [0.05, 0.1) is 6.61 Å². The number of aryl methyl sites for hydroxylation is 1. The summed E-state index contributed by atoms with van der Waals surface area (Å²) in [5.41, 5.74) is 1.41. The van der Waals surface area contributed by atoms with Crippen molar-refractivity contribution in [2.24, 2.45) is 0 Å². The topological polar surface area (TPSA) is 21.8 Å². The Labute approximate surface area is 122 Å². The van der Waals surface area contributed by atoms with Crippen LogP contribution in [0.2, 0.25) is 0 Å². The van der Waals surface area contributed by atoms with Gasteiger partial charge in [0, 0.05) is 0 Å². The van der Waals surface area contributed by atoms with Crippen molar-refractivity contribution in [1.82, 2.24) is 0 Å². The zero-order valence-corrected chi connectivity index (χ0v) is 12.5. The van der Waals surface area contributed by atoms with Crippen LogP contribution in [0.5, 0.6) is 5.75 Å². The molecule has 2 nitrogen and oxygen atoms in total. The standard InChI is InChI=1S/C18H26O2/c1-2-3-4-5-6-7-8-9-16-10-12-17(13-11-16)19-14-18-15-20-18/h2-3,10-13,18H,4-9,14-15H2,1H3/b3-2+. The average Bonchev–Trinajstić information content (AvgIpc) is 3.30. The van der Waals surface area contributed by atoms with Crippen LogP contribution < -0.4 is 4.74 Å². The minimum Gasteiger partial charge on any atom is -0.491 e. The zero-order chi connectivity index (χ0) is 14.0.